The van der Waals surface area contributed by atoms with Gasteiger partial charge in [-0.05, 0) is 105 Å². The fraction of sp³-hybridized carbons (Fsp3) is 0.750. The van der Waals surface area contributed by atoms with Crippen molar-refractivity contribution in [2.75, 3.05) is 20.8 Å². The number of rotatable bonds is 24. The van der Waals surface area contributed by atoms with Crippen LogP contribution in [-0.2, 0) is 25.4 Å². The van der Waals surface area contributed by atoms with Crippen LogP contribution in [0.5, 0.6) is 0 Å². The summed E-state index contributed by atoms with van der Waals surface area (Å²) >= 11 is 0. The van der Waals surface area contributed by atoms with Crippen molar-refractivity contribution in [1.82, 2.24) is 5.06 Å². The van der Waals surface area contributed by atoms with Gasteiger partial charge in [0.2, 0.25) is 0 Å². The predicted octanol–water partition coefficient (Wildman–Crippen LogP) is 10.4. The number of benzene rings is 1. The standard InChI is InChI=1S/C44H79NO6Si/c1-32(23-33(2)24-34(3)25-35(4)26-36(5)27-37(6)30-50-31-39-19-17-16-18-20-39)21-22-40(46)28-41(47)38(7)29-44(11,42(48)45(12)49-13)51-52(14,15)43(8,9)10/h16-22,24,32-33,35-38,40-41,46-47H,23,25-31H2,1-15H3. The third-order valence-electron chi connectivity index (χ3n) is 10.9. The van der Waals surface area contributed by atoms with Crippen LogP contribution in [-0.4, -0.2) is 68.1 Å². The molecule has 7 nitrogen and oxygen atoms in total. The minimum Gasteiger partial charge on any atom is -0.403 e. The van der Waals surface area contributed by atoms with Gasteiger partial charge in [-0.2, -0.15) is 0 Å². The van der Waals surface area contributed by atoms with E-state index in [-0.39, 0.29) is 29.2 Å². The number of carbonyl (C=O) groups is 1. The molecule has 0 aliphatic rings. The SMILES string of the molecule is CON(C)C(=O)C(C)(CC(C)C(O)CC(O)C=CC(C)CC(C)C=C(C)CC(C)CC(C)CC(C)COCc1ccccc1)O[Si](C)(C)C(C)(C)C. The molecule has 9 unspecified atom stereocenters. The maximum atomic E-state index is 13.5. The average molecular weight is 746 g/mol. The minimum atomic E-state index is -2.33. The van der Waals surface area contributed by atoms with Crippen LogP contribution < -0.4 is 0 Å². The molecule has 0 radical (unpaired) electrons. The van der Waals surface area contributed by atoms with Crippen LogP contribution in [0.4, 0.5) is 0 Å². The van der Waals surface area contributed by atoms with E-state index in [1.54, 1.807) is 14.0 Å². The Balaban J connectivity index is 2.60. The van der Waals surface area contributed by atoms with Gasteiger partial charge in [0.25, 0.3) is 5.91 Å². The Labute approximate surface area is 320 Å². The maximum absolute atomic E-state index is 13.5. The molecular weight excluding hydrogens is 667 g/mol. The van der Waals surface area contributed by atoms with Crippen LogP contribution in [0.1, 0.15) is 120 Å². The number of hydrogen-bond acceptors (Lipinski definition) is 6. The number of likely N-dealkylation sites (N-methyl/N-ethyl adjacent to an activating group) is 1. The molecule has 1 rings (SSSR count). The predicted molar refractivity (Wildman–Crippen MR) is 220 cm³/mol. The number of nitrogens with zero attached hydrogens (tertiary/aromatic N) is 1. The van der Waals surface area contributed by atoms with E-state index >= 15 is 0 Å². The van der Waals surface area contributed by atoms with E-state index in [0.717, 1.165) is 19.4 Å². The van der Waals surface area contributed by atoms with Gasteiger partial charge in [-0.3, -0.25) is 9.63 Å². The van der Waals surface area contributed by atoms with Gasteiger partial charge in [0.05, 0.1) is 25.9 Å². The molecule has 0 saturated carbocycles. The van der Waals surface area contributed by atoms with Crippen molar-refractivity contribution in [3.8, 4) is 0 Å². The highest BCUT2D eigenvalue weighted by Crippen LogP contribution is 2.41. The van der Waals surface area contributed by atoms with Crippen LogP contribution in [0.3, 0.4) is 0 Å². The van der Waals surface area contributed by atoms with Crippen molar-refractivity contribution in [3.63, 3.8) is 0 Å². The summed E-state index contributed by atoms with van der Waals surface area (Å²) in [7, 11) is 0.712. The normalized spacial score (nSPS) is 19.0. The van der Waals surface area contributed by atoms with E-state index in [0.29, 0.717) is 36.7 Å². The van der Waals surface area contributed by atoms with Gasteiger partial charge in [0, 0.05) is 20.1 Å². The van der Waals surface area contributed by atoms with Gasteiger partial charge in [-0.15, -0.1) is 0 Å². The van der Waals surface area contributed by atoms with Crippen LogP contribution in [0.25, 0.3) is 0 Å². The Morgan fingerprint density at radius 3 is 2.04 bits per heavy atom. The first-order valence-electron chi connectivity index (χ1n) is 19.8. The van der Waals surface area contributed by atoms with Crippen LogP contribution >= 0.6 is 0 Å². The van der Waals surface area contributed by atoms with Crippen molar-refractivity contribution < 1.29 is 29.0 Å². The molecule has 2 N–H and O–H groups in total. The summed E-state index contributed by atoms with van der Waals surface area (Å²) in [5.74, 6) is 1.99. The molecule has 1 aromatic carbocycles. The van der Waals surface area contributed by atoms with Gasteiger partial charge in [-0.1, -0.05) is 116 Å². The molecule has 0 saturated heterocycles. The summed E-state index contributed by atoms with van der Waals surface area (Å²) < 4.78 is 12.7. The molecule has 0 spiro atoms. The molecule has 1 aromatic rings. The third kappa shape index (κ3) is 18.0. The Kier molecular flexibility index (Phi) is 20.9. The largest absolute Gasteiger partial charge is 0.403 e. The van der Waals surface area contributed by atoms with Gasteiger partial charge >= 0.3 is 0 Å². The highest BCUT2D eigenvalue weighted by atomic mass is 28.4. The fourth-order valence-corrected chi connectivity index (χ4v) is 8.94. The lowest BCUT2D eigenvalue weighted by Gasteiger charge is -2.45. The molecule has 0 aliphatic carbocycles. The lowest BCUT2D eigenvalue weighted by molar-refractivity contribution is -0.187. The molecule has 0 aliphatic heterocycles. The molecule has 0 aromatic heterocycles. The Hall–Kier alpha value is -1.81. The number of hydroxylamine groups is 2. The molecule has 0 bridgehead atoms. The van der Waals surface area contributed by atoms with E-state index in [4.69, 9.17) is 14.0 Å². The van der Waals surface area contributed by atoms with E-state index in [2.05, 4.69) is 112 Å². The molecule has 0 fully saturated rings. The van der Waals surface area contributed by atoms with Crippen molar-refractivity contribution in [3.05, 3.63) is 59.7 Å². The summed E-state index contributed by atoms with van der Waals surface area (Å²) in [5, 5.41) is 23.1. The molecule has 300 valence electrons. The summed E-state index contributed by atoms with van der Waals surface area (Å²) in [4.78, 5) is 18.7. The number of ether oxygens (including phenoxy) is 1. The first-order valence-corrected chi connectivity index (χ1v) is 22.8. The van der Waals surface area contributed by atoms with Crippen molar-refractivity contribution in [2.45, 2.75) is 157 Å². The molecule has 9 atom stereocenters. The zero-order valence-electron chi connectivity index (χ0n) is 35.9. The topological polar surface area (TPSA) is 88.5 Å². The molecule has 52 heavy (non-hydrogen) atoms. The number of aliphatic hydroxyl groups excluding tert-OH is 2. The average Bonchev–Trinajstić information content (AvgIpc) is 3.02. The minimum absolute atomic E-state index is 0.0961. The first kappa shape index (κ1) is 48.2. The smallest absolute Gasteiger partial charge is 0.276 e. The lowest BCUT2D eigenvalue weighted by atomic mass is 9.86. The maximum Gasteiger partial charge on any atom is 0.276 e. The number of carbonyl (C=O) groups excluding carboxylic acids is 1. The molecular formula is C44H79NO6Si. The summed E-state index contributed by atoms with van der Waals surface area (Å²) in [5.41, 5.74) is 1.50. The van der Waals surface area contributed by atoms with Gasteiger partial charge in [0.15, 0.2) is 8.32 Å². The quantitative estimate of drug-likeness (QED) is 0.0622. The Morgan fingerprint density at radius 1 is 0.865 bits per heavy atom. The van der Waals surface area contributed by atoms with Gasteiger partial charge in [-0.25, -0.2) is 5.06 Å². The molecule has 1 amide bonds. The summed E-state index contributed by atoms with van der Waals surface area (Å²) in [6.45, 7) is 29.6. The Morgan fingerprint density at radius 2 is 1.46 bits per heavy atom. The zero-order chi connectivity index (χ0) is 39.9. The van der Waals surface area contributed by atoms with E-state index < -0.39 is 26.1 Å². The highest BCUT2D eigenvalue weighted by Gasteiger charge is 2.48. The second-order valence-electron chi connectivity index (χ2n) is 18.2. The highest BCUT2D eigenvalue weighted by molar-refractivity contribution is 6.74. The number of hydrogen-bond donors (Lipinski definition) is 2. The number of allylic oxidation sites excluding steroid dienone is 3. The van der Waals surface area contributed by atoms with Crippen LogP contribution in [0.2, 0.25) is 18.1 Å². The fourth-order valence-electron chi connectivity index (χ4n) is 7.34. The van der Waals surface area contributed by atoms with Crippen molar-refractivity contribution >= 4 is 14.2 Å². The lowest BCUT2D eigenvalue weighted by Crippen LogP contribution is -2.56. The third-order valence-corrected chi connectivity index (χ3v) is 15.5. The van der Waals surface area contributed by atoms with E-state index in [1.165, 1.54) is 36.2 Å². The van der Waals surface area contributed by atoms with Crippen molar-refractivity contribution in [2.24, 2.45) is 35.5 Å². The first-order chi connectivity index (χ1) is 24.0. The zero-order valence-corrected chi connectivity index (χ0v) is 36.9. The summed E-state index contributed by atoms with van der Waals surface area (Å²) in [6, 6.07) is 10.4. The monoisotopic (exact) mass is 746 g/mol. The molecule has 8 heteroatoms. The van der Waals surface area contributed by atoms with Gasteiger partial charge < -0.3 is 19.4 Å². The number of amides is 1. The van der Waals surface area contributed by atoms with Gasteiger partial charge in [0.1, 0.15) is 5.60 Å². The van der Waals surface area contributed by atoms with E-state index in [1.807, 2.05) is 19.1 Å². The summed E-state index contributed by atoms with van der Waals surface area (Å²) in [6.07, 6.45) is 9.72. The van der Waals surface area contributed by atoms with Crippen LogP contribution in [0.15, 0.2) is 54.1 Å². The second-order valence-corrected chi connectivity index (χ2v) is 22.9. The second kappa shape index (κ2) is 22.5. The number of aliphatic hydroxyl groups is 2. The van der Waals surface area contributed by atoms with E-state index in [9.17, 15) is 15.0 Å². The Bertz CT molecular complexity index is 1210. The van der Waals surface area contributed by atoms with Crippen molar-refractivity contribution in [1.29, 1.82) is 0 Å². The van der Waals surface area contributed by atoms with Crippen LogP contribution in [0, 0.1) is 35.5 Å². The molecule has 0 heterocycles.